The predicted octanol–water partition coefficient (Wildman–Crippen LogP) is -0.365. The number of rotatable bonds is 4. The minimum atomic E-state index is -0.927. The second-order valence-corrected chi connectivity index (χ2v) is 2.42. The molecule has 0 radical (unpaired) electrons. The molecule has 0 amide bonds. The van der Waals surface area contributed by atoms with Crippen LogP contribution in [0.1, 0.15) is 13.8 Å². The molecule has 10 heavy (non-hydrogen) atoms. The Hall–Kier alpha value is -0.610. The van der Waals surface area contributed by atoms with Crippen LogP contribution < -0.4 is 5.32 Å². The first-order valence-electron chi connectivity index (χ1n) is 3.16. The lowest BCUT2D eigenvalue weighted by atomic mass is 10.1. The van der Waals surface area contributed by atoms with Crippen molar-refractivity contribution in [2.75, 3.05) is 6.73 Å². The van der Waals surface area contributed by atoms with Crippen LogP contribution in [0.2, 0.25) is 0 Å². The van der Waals surface area contributed by atoms with Crippen molar-refractivity contribution in [1.29, 1.82) is 0 Å². The maximum absolute atomic E-state index is 10.4. The summed E-state index contributed by atoms with van der Waals surface area (Å²) >= 11 is 0. The fourth-order valence-electron chi connectivity index (χ4n) is 0.707. The van der Waals surface area contributed by atoms with Gasteiger partial charge < -0.3 is 10.2 Å². The van der Waals surface area contributed by atoms with Gasteiger partial charge in [0, 0.05) is 0 Å². The summed E-state index contributed by atoms with van der Waals surface area (Å²) in [5.74, 6) is -0.936. The zero-order valence-electron chi connectivity index (χ0n) is 6.16. The van der Waals surface area contributed by atoms with Gasteiger partial charge in [-0.15, -0.1) is 0 Å². The molecule has 0 aliphatic carbocycles. The van der Waals surface area contributed by atoms with Crippen molar-refractivity contribution >= 4 is 5.97 Å². The smallest absolute Gasteiger partial charge is 0.321 e. The largest absolute Gasteiger partial charge is 0.480 e. The van der Waals surface area contributed by atoms with E-state index in [-0.39, 0.29) is 12.6 Å². The SMILES string of the molecule is CC(C)[C@H](NCO)C(=O)O. The van der Waals surface area contributed by atoms with Crippen LogP contribution in [0.3, 0.4) is 0 Å². The number of nitrogens with one attached hydrogen (secondary N) is 1. The lowest BCUT2D eigenvalue weighted by Crippen LogP contribution is -2.41. The molecule has 0 saturated heterocycles. The summed E-state index contributed by atoms with van der Waals surface area (Å²) in [6.45, 7) is 3.26. The van der Waals surface area contributed by atoms with E-state index in [4.69, 9.17) is 10.2 Å². The van der Waals surface area contributed by atoms with Crippen molar-refractivity contribution in [2.45, 2.75) is 19.9 Å². The minimum absolute atomic E-state index is 0.00958. The number of aliphatic hydroxyl groups excluding tert-OH is 1. The summed E-state index contributed by atoms with van der Waals surface area (Å²) in [4.78, 5) is 10.4. The first kappa shape index (κ1) is 9.39. The van der Waals surface area contributed by atoms with Gasteiger partial charge >= 0.3 is 5.97 Å². The quantitative estimate of drug-likeness (QED) is 0.475. The number of hydrogen-bond donors (Lipinski definition) is 3. The molecule has 4 nitrogen and oxygen atoms in total. The third kappa shape index (κ3) is 2.80. The van der Waals surface area contributed by atoms with E-state index in [1.165, 1.54) is 0 Å². The standard InChI is InChI=1S/C6H13NO3/c1-4(2)5(6(9)10)7-3-8/h4-5,7-8H,3H2,1-2H3,(H,9,10)/t5-/m0/s1. The molecule has 0 spiro atoms. The van der Waals surface area contributed by atoms with Crippen LogP contribution in [0.4, 0.5) is 0 Å². The molecule has 0 fully saturated rings. The van der Waals surface area contributed by atoms with Gasteiger partial charge in [-0.25, -0.2) is 0 Å². The summed E-state index contributed by atoms with van der Waals surface area (Å²) in [5.41, 5.74) is 0. The summed E-state index contributed by atoms with van der Waals surface area (Å²) in [5, 5.41) is 19.3. The van der Waals surface area contributed by atoms with Crippen molar-refractivity contribution in [1.82, 2.24) is 5.32 Å². The zero-order valence-corrected chi connectivity index (χ0v) is 6.16. The van der Waals surface area contributed by atoms with Gasteiger partial charge in [0.1, 0.15) is 6.04 Å². The van der Waals surface area contributed by atoms with Gasteiger partial charge in [0.05, 0.1) is 6.73 Å². The summed E-state index contributed by atoms with van der Waals surface area (Å²) in [6.07, 6.45) is 0. The maximum atomic E-state index is 10.4. The second-order valence-electron chi connectivity index (χ2n) is 2.42. The predicted molar refractivity (Wildman–Crippen MR) is 36.5 cm³/mol. The molecule has 0 aromatic heterocycles. The second kappa shape index (κ2) is 4.24. The highest BCUT2D eigenvalue weighted by Gasteiger charge is 2.19. The monoisotopic (exact) mass is 147 g/mol. The molecule has 4 heteroatoms. The maximum Gasteiger partial charge on any atom is 0.321 e. The molecule has 0 unspecified atom stereocenters. The van der Waals surface area contributed by atoms with Gasteiger partial charge in [0.2, 0.25) is 0 Å². The lowest BCUT2D eigenvalue weighted by Gasteiger charge is -2.15. The summed E-state index contributed by atoms with van der Waals surface area (Å²) < 4.78 is 0. The Kier molecular flexibility index (Phi) is 3.99. The van der Waals surface area contributed by atoms with Crippen LogP contribution in [-0.2, 0) is 4.79 Å². The van der Waals surface area contributed by atoms with Crippen molar-refractivity contribution in [3.63, 3.8) is 0 Å². The van der Waals surface area contributed by atoms with E-state index in [1.807, 2.05) is 0 Å². The van der Waals surface area contributed by atoms with Gasteiger partial charge in [-0.2, -0.15) is 0 Å². The van der Waals surface area contributed by atoms with Crippen molar-refractivity contribution in [3.05, 3.63) is 0 Å². The van der Waals surface area contributed by atoms with Crippen LogP contribution in [-0.4, -0.2) is 29.0 Å². The van der Waals surface area contributed by atoms with Crippen LogP contribution in [0.15, 0.2) is 0 Å². The molecule has 0 bridgehead atoms. The third-order valence-electron chi connectivity index (χ3n) is 1.24. The summed E-state index contributed by atoms with van der Waals surface area (Å²) in [7, 11) is 0. The molecule has 1 atom stereocenters. The van der Waals surface area contributed by atoms with Crippen molar-refractivity contribution < 1.29 is 15.0 Å². The summed E-state index contributed by atoms with van der Waals surface area (Å²) in [6, 6.07) is -0.648. The fourth-order valence-corrected chi connectivity index (χ4v) is 0.707. The highest BCUT2D eigenvalue weighted by atomic mass is 16.4. The molecule has 0 saturated carbocycles. The van der Waals surface area contributed by atoms with Crippen LogP contribution in [0.5, 0.6) is 0 Å². The van der Waals surface area contributed by atoms with E-state index < -0.39 is 12.0 Å². The third-order valence-corrected chi connectivity index (χ3v) is 1.24. The van der Waals surface area contributed by atoms with Gasteiger partial charge in [-0.05, 0) is 5.92 Å². The Bertz CT molecular complexity index is 114. The Balaban J connectivity index is 3.85. The normalized spacial score (nSPS) is 13.6. The molecule has 60 valence electrons. The first-order valence-corrected chi connectivity index (χ1v) is 3.16. The number of aliphatic carboxylic acids is 1. The highest BCUT2D eigenvalue weighted by molar-refractivity contribution is 5.73. The van der Waals surface area contributed by atoms with Crippen LogP contribution >= 0.6 is 0 Å². The van der Waals surface area contributed by atoms with Gasteiger partial charge in [-0.3, -0.25) is 10.1 Å². The van der Waals surface area contributed by atoms with E-state index >= 15 is 0 Å². The first-order chi connectivity index (χ1) is 4.59. The van der Waals surface area contributed by atoms with E-state index in [0.717, 1.165) is 0 Å². The fraction of sp³-hybridized carbons (Fsp3) is 0.833. The van der Waals surface area contributed by atoms with Crippen molar-refractivity contribution in [3.8, 4) is 0 Å². The van der Waals surface area contributed by atoms with Gasteiger partial charge in [-0.1, -0.05) is 13.8 Å². The van der Waals surface area contributed by atoms with Gasteiger partial charge in [0.15, 0.2) is 0 Å². The number of carboxylic acids is 1. The molecule has 0 aromatic carbocycles. The molecule has 0 aliphatic rings. The van der Waals surface area contributed by atoms with E-state index in [1.54, 1.807) is 13.8 Å². The molecular formula is C6H13NO3. The van der Waals surface area contributed by atoms with E-state index in [0.29, 0.717) is 0 Å². The van der Waals surface area contributed by atoms with Crippen LogP contribution in [0.25, 0.3) is 0 Å². The molecular weight excluding hydrogens is 134 g/mol. The Morgan fingerprint density at radius 3 is 2.20 bits per heavy atom. The highest BCUT2D eigenvalue weighted by Crippen LogP contribution is 2.00. The van der Waals surface area contributed by atoms with Crippen LogP contribution in [0, 0.1) is 5.92 Å². The van der Waals surface area contributed by atoms with E-state index in [9.17, 15) is 4.79 Å². The number of carbonyl (C=O) groups is 1. The minimum Gasteiger partial charge on any atom is -0.480 e. The number of hydrogen-bond acceptors (Lipinski definition) is 3. The molecule has 0 heterocycles. The Labute approximate surface area is 59.9 Å². The number of aliphatic hydroxyl groups is 1. The Morgan fingerprint density at radius 1 is 1.60 bits per heavy atom. The van der Waals surface area contributed by atoms with Crippen molar-refractivity contribution in [2.24, 2.45) is 5.92 Å². The molecule has 0 aromatic rings. The Morgan fingerprint density at radius 2 is 2.10 bits per heavy atom. The zero-order chi connectivity index (χ0) is 8.15. The molecule has 0 rings (SSSR count). The lowest BCUT2D eigenvalue weighted by molar-refractivity contribution is -0.141. The van der Waals surface area contributed by atoms with E-state index in [2.05, 4.69) is 5.32 Å². The average molecular weight is 147 g/mol. The average Bonchev–Trinajstić information content (AvgIpc) is 1.81. The topological polar surface area (TPSA) is 69.6 Å². The van der Waals surface area contributed by atoms with Gasteiger partial charge in [0.25, 0.3) is 0 Å². The number of carboxylic acid groups (broad SMARTS) is 1. The molecule has 0 aliphatic heterocycles. The molecule has 3 N–H and O–H groups in total.